The van der Waals surface area contributed by atoms with Gasteiger partial charge in [0.25, 0.3) is 11.7 Å². The van der Waals surface area contributed by atoms with Gasteiger partial charge in [0.1, 0.15) is 5.03 Å². The van der Waals surface area contributed by atoms with E-state index in [1.807, 2.05) is 18.2 Å². The first kappa shape index (κ1) is 16.9. The number of thioether (sulfide) groups is 1. The first-order chi connectivity index (χ1) is 11.6. The van der Waals surface area contributed by atoms with Crippen LogP contribution in [0.4, 0.5) is 8.78 Å². The predicted molar refractivity (Wildman–Crippen MR) is 90.4 cm³/mol. The van der Waals surface area contributed by atoms with Gasteiger partial charge in [-0.25, -0.2) is 4.98 Å². The Hall–Kier alpha value is -1.95. The zero-order valence-corrected chi connectivity index (χ0v) is 13.9. The minimum absolute atomic E-state index is 0.0997. The summed E-state index contributed by atoms with van der Waals surface area (Å²) in [6.07, 6.45) is 3.20. The third-order valence-electron chi connectivity index (χ3n) is 4.26. The number of carbonyl (C=O) groups is 1. The quantitative estimate of drug-likeness (QED) is 0.767. The summed E-state index contributed by atoms with van der Waals surface area (Å²) in [5.74, 6) is -2.35. The van der Waals surface area contributed by atoms with Crippen molar-refractivity contribution in [2.45, 2.75) is 29.5 Å². The van der Waals surface area contributed by atoms with Gasteiger partial charge < -0.3 is 4.90 Å². The number of alkyl halides is 2. The van der Waals surface area contributed by atoms with Gasteiger partial charge in [0, 0.05) is 19.3 Å². The summed E-state index contributed by atoms with van der Waals surface area (Å²) in [4.78, 5) is 18.3. The molecule has 3 rings (SSSR count). The Balaban J connectivity index is 1.68. The molecule has 6 heteroatoms. The zero-order chi connectivity index (χ0) is 16.9. The van der Waals surface area contributed by atoms with Crippen LogP contribution < -0.4 is 0 Å². The van der Waals surface area contributed by atoms with Crippen molar-refractivity contribution in [2.75, 3.05) is 13.1 Å². The fourth-order valence-corrected chi connectivity index (χ4v) is 3.62. The van der Waals surface area contributed by atoms with E-state index in [1.165, 1.54) is 11.8 Å². The van der Waals surface area contributed by atoms with E-state index in [-0.39, 0.29) is 16.5 Å². The number of amides is 1. The maximum atomic E-state index is 12.7. The van der Waals surface area contributed by atoms with Gasteiger partial charge in [-0.3, -0.25) is 4.79 Å². The van der Waals surface area contributed by atoms with Gasteiger partial charge in [-0.15, -0.1) is 0 Å². The Morgan fingerprint density at radius 3 is 2.50 bits per heavy atom. The Bertz CT molecular complexity index is 688. The lowest BCUT2D eigenvalue weighted by Gasteiger charge is -2.32. The smallest absolute Gasteiger partial charge is 0.290 e. The van der Waals surface area contributed by atoms with E-state index in [0.717, 1.165) is 12.8 Å². The van der Waals surface area contributed by atoms with Crippen molar-refractivity contribution >= 4 is 17.7 Å². The van der Waals surface area contributed by atoms with Crippen LogP contribution in [0.25, 0.3) is 0 Å². The second-order valence-electron chi connectivity index (χ2n) is 5.71. The summed E-state index contributed by atoms with van der Waals surface area (Å²) in [7, 11) is 0. The Kier molecular flexibility index (Phi) is 5.45. The summed E-state index contributed by atoms with van der Waals surface area (Å²) < 4.78 is 25.3. The molecule has 0 atom stereocenters. The van der Waals surface area contributed by atoms with Crippen LogP contribution in [0.5, 0.6) is 0 Å². The van der Waals surface area contributed by atoms with Crippen LogP contribution in [-0.4, -0.2) is 34.6 Å². The normalized spacial score (nSPS) is 15.7. The van der Waals surface area contributed by atoms with Gasteiger partial charge in [-0.05, 0) is 48.2 Å². The number of nitrogens with zero attached hydrogens (tertiary/aromatic N) is 2. The lowest BCUT2D eigenvalue weighted by molar-refractivity contribution is 0.0708. The SMILES string of the molecule is O=C(c1cccnc1SC(F)F)N1CCC(c2ccccc2)CC1. The molecule has 2 aromatic rings. The predicted octanol–water partition coefficient (Wildman–Crippen LogP) is 4.42. The molecule has 1 amide bonds. The van der Waals surface area contributed by atoms with Crippen molar-refractivity contribution in [2.24, 2.45) is 0 Å². The third-order valence-corrected chi connectivity index (χ3v) is 4.98. The highest BCUT2D eigenvalue weighted by Gasteiger charge is 2.26. The molecule has 0 aliphatic carbocycles. The average Bonchev–Trinajstić information content (AvgIpc) is 2.62. The van der Waals surface area contributed by atoms with Crippen LogP contribution in [0, 0.1) is 0 Å². The van der Waals surface area contributed by atoms with Crippen LogP contribution in [-0.2, 0) is 0 Å². The number of rotatable bonds is 4. The number of hydrogen-bond acceptors (Lipinski definition) is 3. The first-order valence-electron chi connectivity index (χ1n) is 7.89. The third kappa shape index (κ3) is 3.93. The van der Waals surface area contributed by atoms with Crippen LogP contribution in [0.3, 0.4) is 0 Å². The van der Waals surface area contributed by atoms with Crippen molar-refractivity contribution < 1.29 is 13.6 Å². The molecule has 126 valence electrons. The zero-order valence-electron chi connectivity index (χ0n) is 13.1. The van der Waals surface area contributed by atoms with E-state index in [0.29, 0.717) is 30.8 Å². The molecular weight excluding hydrogens is 330 g/mol. The molecule has 0 spiro atoms. The van der Waals surface area contributed by atoms with Gasteiger partial charge in [0.2, 0.25) is 0 Å². The average molecular weight is 348 g/mol. The number of likely N-dealkylation sites (tertiary alicyclic amines) is 1. The molecule has 1 fully saturated rings. The summed E-state index contributed by atoms with van der Waals surface area (Å²) in [6, 6.07) is 13.4. The highest BCUT2D eigenvalue weighted by Crippen LogP contribution is 2.31. The van der Waals surface area contributed by atoms with E-state index in [4.69, 9.17) is 0 Å². The lowest BCUT2D eigenvalue weighted by atomic mass is 9.89. The number of benzene rings is 1. The Labute approximate surface area is 144 Å². The molecule has 0 radical (unpaired) electrons. The van der Waals surface area contributed by atoms with Gasteiger partial charge in [0.15, 0.2) is 0 Å². The summed E-state index contributed by atoms with van der Waals surface area (Å²) >= 11 is 0.323. The maximum absolute atomic E-state index is 12.7. The second kappa shape index (κ2) is 7.75. The minimum Gasteiger partial charge on any atom is -0.339 e. The molecule has 3 nitrogen and oxygen atoms in total. The maximum Gasteiger partial charge on any atom is 0.290 e. The number of aromatic nitrogens is 1. The second-order valence-corrected chi connectivity index (χ2v) is 6.69. The van der Waals surface area contributed by atoms with E-state index < -0.39 is 5.76 Å². The number of halogens is 2. The van der Waals surface area contributed by atoms with Gasteiger partial charge in [-0.1, -0.05) is 30.3 Å². The molecule has 1 aromatic heterocycles. The molecule has 2 heterocycles. The fourth-order valence-electron chi connectivity index (χ4n) is 3.04. The molecule has 24 heavy (non-hydrogen) atoms. The van der Waals surface area contributed by atoms with Gasteiger partial charge >= 0.3 is 0 Å². The van der Waals surface area contributed by atoms with Crippen molar-refractivity contribution in [1.29, 1.82) is 0 Å². The summed E-state index contributed by atoms with van der Waals surface area (Å²) in [5, 5.41) is 0.0997. The molecule has 1 aliphatic heterocycles. The number of piperidine rings is 1. The molecule has 0 unspecified atom stereocenters. The van der Waals surface area contributed by atoms with E-state index in [2.05, 4.69) is 17.1 Å². The van der Waals surface area contributed by atoms with Crippen LogP contribution >= 0.6 is 11.8 Å². The molecule has 1 aliphatic rings. The summed E-state index contributed by atoms with van der Waals surface area (Å²) in [5.41, 5.74) is 1.56. The number of carbonyl (C=O) groups excluding carboxylic acids is 1. The van der Waals surface area contributed by atoms with E-state index in [9.17, 15) is 13.6 Å². The monoisotopic (exact) mass is 348 g/mol. The Morgan fingerprint density at radius 1 is 1.12 bits per heavy atom. The fraction of sp³-hybridized carbons (Fsp3) is 0.333. The number of pyridine rings is 1. The standard InChI is InChI=1S/C18H18F2N2OS/c19-18(20)24-16-15(7-4-10-21-16)17(23)22-11-8-14(9-12-22)13-5-2-1-3-6-13/h1-7,10,14,18H,8-9,11-12H2. The van der Waals surface area contributed by atoms with Crippen molar-refractivity contribution in [3.05, 3.63) is 59.8 Å². The first-order valence-corrected chi connectivity index (χ1v) is 8.77. The lowest BCUT2D eigenvalue weighted by Crippen LogP contribution is -2.38. The summed E-state index contributed by atoms with van der Waals surface area (Å²) in [6.45, 7) is 1.26. The van der Waals surface area contributed by atoms with Crippen molar-refractivity contribution in [1.82, 2.24) is 9.88 Å². The van der Waals surface area contributed by atoms with Crippen LogP contribution in [0.2, 0.25) is 0 Å². The molecule has 0 N–H and O–H groups in total. The molecular formula is C18H18F2N2OS. The highest BCUT2D eigenvalue weighted by atomic mass is 32.2. The van der Waals surface area contributed by atoms with Crippen molar-refractivity contribution in [3.8, 4) is 0 Å². The Morgan fingerprint density at radius 2 is 1.83 bits per heavy atom. The largest absolute Gasteiger partial charge is 0.339 e. The molecule has 0 saturated carbocycles. The van der Waals surface area contributed by atoms with Crippen molar-refractivity contribution in [3.63, 3.8) is 0 Å². The molecule has 0 bridgehead atoms. The van der Waals surface area contributed by atoms with Crippen LogP contribution in [0.15, 0.2) is 53.7 Å². The topological polar surface area (TPSA) is 33.2 Å². The van der Waals surface area contributed by atoms with Gasteiger partial charge in [0.05, 0.1) is 5.56 Å². The van der Waals surface area contributed by atoms with E-state index >= 15 is 0 Å². The van der Waals surface area contributed by atoms with E-state index in [1.54, 1.807) is 17.0 Å². The molecule has 1 aromatic carbocycles. The molecule has 1 saturated heterocycles. The highest BCUT2D eigenvalue weighted by molar-refractivity contribution is 7.99. The van der Waals surface area contributed by atoms with Crippen LogP contribution in [0.1, 0.15) is 34.7 Å². The van der Waals surface area contributed by atoms with Gasteiger partial charge in [-0.2, -0.15) is 8.78 Å². The minimum atomic E-state index is -2.59. The number of hydrogen-bond donors (Lipinski definition) is 0.